The summed E-state index contributed by atoms with van der Waals surface area (Å²) in [5.74, 6) is -0.661. The van der Waals surface area contributed by atoms with Crippen LogP contribution in [0.25, 0.3) is 0 Å². The number of amides is 1. The fourth-order valence-corrected chi connectivity index (χ4v) is 1.66. The molecule has 0 aliphatic carbocycles. The van der Waals surface area contributed by atoms with E-state index in [1.54, 1.807) is 12.3 Å². The molecule has 94 valence electrons. The van der Waals surface area contributed by atoms with Crippen LogP contribution in [0.5, 0.6) is 0 Å². The molecule has 17 heavy (non-hydrogen) atoms. The van der Waals surface area contributed by atoms with Gasteiger partial charge in [-0.2, -0.15) is 0 Å². The van der Waals surface area contributed by atoms with Crippen molar-refractivity contribution in [1.82, 2.24) is 9.71 Å². The van der Waals surface area contributed by atoms with E-state index in [9.17, 15) is 13.2 Å². The van der Waals surface area contributed by atoms with Crippen LogP contribution in [-0.2, 0) is 15.4 Å². The van der Waals surface area contributed by atoms with Gasteiger partial charge in [0.1, 0.15) is 0 Å². The zero-order valence-corrected chi connectivity index (χ0v) is 11.1. The SMILES string of the molecule is CC(C)(C)c1cncc(C(=O)NS(C)(=O)=O)c1. The minimum atomic E-state index is -3.55. The highest BCUT2D eigenvalue weighted by Gasteiger charge is 2.17. The van der Waals surface area contributed by atoms with Crippen LogP contribution in [-0.4, -0.2) is 25.6 Å². The predicted octanol–water partition coefficient (Wildman–Crippen LogP) is 1.07. The van der Waals surface area contributed by atoms with E-state index in [1.807, 2.05) is 25.5 Å². The number of pyridine rings is 1. The minimum absolute atomic E-state index is 0.144. The van der Waals surface area contributed by atoms with Crippen molar-refractivity contribution in [3.05, 3.63) is 29.6 Å². The zero-order chi connectivity index (χ0) is 13.3. The van der Waals surface area contributed by atoms with E-state index in [0.717, 1.165) is 11.8 Å². The second-order valence-electron chi connectivity index (χ2n) is 4.92. The van der Waals surface area contributed by atoms with E-state index in [2.05, 4.69) is 4.98 Å². The number of hydrogen-bond acceptors (Lipinski definition) is 4. The Balaban J connectivity index is 3.05. The number of aromatic nitrogens is 1. The Labute approximate surface area is 101 Å². The summed E-state index contributed by atoms with van der Waals surface area (Å²) in [6.45, 7) is 5.97. The molecule has 1 amide bonds. The molecule has 0 radical (unpaired) electrons. The molecule has 5 nitrogen and oxygen atoms in total. The van der Waals surface area contributed by atoms with Crippen molar-refractivity contribution in [3.63, 3.8) is 0 Å². The van der Waals surface area contributed by atoms with E-state index in [4.69, 9.17) is 0 Å². The second kappa shape index (κ2) is 4.44. The molecule has 0 fully saturated rings. The Kier molecular flexibility index (Phi) is 3.56. The third-order valence-corrected chi connectivity index (χ3v) is 2.70. The third-order valence-electron chi connectivity index (χ3n) is 2.14. The Morgan fingerprint density at radius 1 is 1.29 bits per heavy atom. The van der Waals surface area contributed by atoms with E-state index in [1.165, 1.54) is 6.20 Å². The summed E-state index contributed by atoms with van der Waals surface area (Å²) in [4.78, 5) is 15.6. The van der Waals surface area contributed by atoms with Crippen molar-refractivity contribution >= 4 is 15.9 Å². The smallest absolute Gasteiger partial charge is 0.266 e. The van der Waals surface area contributed by atoms with Crippen molar-refractivity contribution in [3.8, 4) is 0 Å². The lowest BCUT2D eigenvalue weighted by Gasteiger charge is -2.18. The summed E-state index contributed by atoms with van der Waals surface area (Å²) in [6, 6.07) is 1.65. The summed E-state index contributed by atoms with van der Waals surface area (Å²) in [6.07, 6.45) is 3.94. The molecule has 0 atom stereocenters. The minimum Gasteiger partial charge on any atom is -0.268 e. The standard InChI is InChI=1S/C11H16N2O3S/c1-11(2,3)9-5-8(6-12-7-9)10(14)13-17(4,15)16/h5-7H,1-4H3,(H,13,14). The molecule has 0 saturated carbocycles. The van der Waals surface area contributed by atoms with Gasteiger partial charge in [0.15, 0.2) is 0 Å². The van der Waals surface area contributed by atoms with Gasteiger partial charge in [0.2, 0.25) is 10.0 Å². The predicted molar refractivity (Wildman–Crippen MR) is 65.2 cm³/mol. The van der Waals surface area contributed by atoms with Gasteiger partial charge in [0.25, 0.3) is 5.91 Å². The topological polar surface area (TPSA) is 76.1 Å². The number of carbonyl (C=O) groups is 1. The molecule has 6 heteroatoms. The maximum atomic E-state index is 11.6. The highest BCUT2D eigenvalue weighted by atomic mass is 32.2. The van der Waals surface area contributed by atoms with Crippen LogP contribution in [0, 0.1) is 0 Å². The molecule has 1 aromatic heterocycles. The van der Waals surface area contributed by atoms with Crippen LogP contribution in [0.15, 0.2) is 18.5 Å². The molecule has 1 heterocycles. The van der Waals surface area contributed by atoms with Crippen molar-refractivity contribution in [1.29, 1.82) is 0 Å². The summed E-state index contributed by atoms with van der Waals surface area (Å²) in [5.41, 5.74) is 0.968. The number of nitrogens with one attached hydrogen (secondary N) is 1. The fraction of sp³-hybridized carbons (Fsp3) is 0.455. The van der Waals surface area contributed by atoms with Crippen LogP contribution in [0.4, 0.5) is 0 Å². The van der Waals surface area contributed by atoms with Crippen molar-refractivity contribution < 1.29 is 13.2 Å². The van der Waals surface area contributed by atoms with Gasteiger partial charge in [-0.3, -0.25) is 9.78 Å². The number of rotatable bonds is 2. The molecule has 0 saturated heterocycles. The third kappa shape index (κ3) is 4.14. The molecule has 1 N–H and O–H groups in total. The summed E-state index contributed by atoms with van der Waals surface area (Å²) in [7, 11) is -3.55. The Bertz CT molecular complexity index is 530. The first kappa shape index (κ1) is 13.6. The molecule has 0 aliphatic heterocycles. The Hall–Kier alpha value is -1.43. The quantitative estimate of drug-likeness (QED) is 0.858. The first-order chi connectivity index (χ1) is 7.59. The first-order valence-corrected chi connectivity index (χ1v) is 6.96. The highest BCUT2D eigenvalue weighted by Crippen LogP contribution is 2.21. The highest BCUT2D eigenvalue weighted by molar-refractivity contribution is 7.89. The van der Waals surface area contributed by atoms with Crippen LogP contribution in [0.3, 0.4) is 0 Å². The first-order valence-electron chi connectivity index (χ1n) is 5.07. The van der Waals surface area contributed by atoms with Gasteiger partial charge in [-0.25, -0.2) is 13.1 Å². The summed E-state index contributed by atoms with van der Waals surface area (Å²) < 4.78 is 23.8. The molecule has 1 aromatic rings. The molecule has 0 unspecified atom stereocenters. The maximum Gasteiger partial charge on any atom is 0.266 e. The normalized spacial score (nSPS) is 12.2. The van der Waals surface area contributed by atoms with Gasteiger partial charge in [0.05, 0.1) is 11.8 Å². The van der Waals surface area contributed by atoms with E-state index >= 15 is 0 Å². The molecule has 1 rings (SSSR count). The summed E-state index contributed by atoms with van der Waals surface area (Å²) in [5, 5.41) is 0. The number of hydrogen-bond donors (Lipinski definition) is 1. The summed E-state index contributed by atoms with van der Waals surface area (Å²) >= 11 is 0. The van der Waals surface area contributed by atoms with Crippen molar-refractivity contribution in [2.45, 2.75) is 26.2 Å². The van der Waals surface area contributed by atoms with Crippen LogP contribution >= 0.6 is 0 Å². The number of sulfonamides is 1. The molecule has 0 spiro atoms. The number of carbonyl (C=O) groups excluding carboxylic acids is 1. The Morgan fingerprint density at radius 3 is 2.35 bits per heavy atom. The molecule has 0 bridgehead atoms. The van der Waals surface area contributed by atoms with Gasteiger partial charge in [-0.1, -0.05) is 20.8 Å². The van der Waals surface area contributed by atoms with E-state index in [0.29, 0.717) is 0 Å². The molecular weight excluding hydrogens is 240 g/mol. The lowest BCUT2D eigenvalue weighted by molar-refractivity contribution is 0.0981. The Morgan fingerprint density at radius 2 is 1.88 bits per heavy atom. The van der Waals surface area contributed by atoms with Gasteiger partial charge >= 0.3 is 0 Å². The number of nitrogens with zero attached hydrogens (tertiary/aromatic N) is 1. The van der Waals surface area contributed by atoms with Crippen LogP contribution < -0.4 is 4.72 Å². The van der Waals surface area contributed by atoms with E-state index < -0.39 is 15.9 Å². The molecule has 0 aliphatic rings. The van der Waals surface area contributed by atoms with Gasteiger partial charge < -0.3 is 0 Å². The van der Waals surface area contributed by atoms with Crippen LogP contribution in [0.2, 0.25) is 0 Å². The molecular formula is C11H16N2O3S. The van der Waals surface area contributed by atoms with Gasteiger partial charge in [-0.05, 0) is 17.0 Å². The van der Waals surface area contributed by atoms with E-state index in [-0.39, 0.29) is 11.0 Å². The average Bonchev–Trinajstić information content (AvgIpc) is 2.14. The largest absolute Gasteiger partial charge is 0.268 e. The lowest BCUT2D eigenvalue weighted by atomic mass is 9.87. The fourth-order valence-electron chi connectivity index (χ4n) is 1.20. The molecule has 0 aromatic carbocycles. The van der Waals surface area contributed by atoms with Gasteiger partial charge in [-0.15, -0.1) is 0 Å². The monoisotopic (exact) mass is 256 g/mol. The van der Waals surface area contributed by atoms with Crippen LogP contribution in [0.1, 0.15) is 36.7 Å². The second-order valence-corrected chi connectivity index (χ2v) is 6.66. The van der Waals surface area contributed by atoms with Crippen molar-refractivity contribution in [2.75, 3.05) is 6.26 Å². The lowest BCUT2D eigenvalue weighted by Crippen LogP contribution is -2.29. The maximum absolute atomic E-state index is 11.6. The van der Waals surface area contributed by atoms with Crippen molar-refractivity contribution in [2.24, 2.45) is 0 Å². The zero-order valence-electron chi connectivity index (χ0n) is 10.3. The average molecular weight is 256 g/mol. The van der Waals surface area contributed by atoms with Gasteiger partial charge in [0, 0.05) is 12.4 Å².